The second kappa shape index (κ2) is 9.20. The van der Waals surface area contributed by atoms with Crippen molar-refractivity contribution in [1.82, 2.24) is 21.1 Å². The molecular formula is C16H26N4OS2. The van der Waals surface area contributed by atoms with E-state index in [-0.39, 0.29) is 5.91 Å². The van der Waals surface area contributed by atoms with E-state index in [1.807, 2.05) is 20.2 Å². The van der Waals surface area contributed by atoms with Gasteiger partial charge in [0, 0.05) is 11.4 Å². The number of thiophene rings is 1. The number of aryl methyl sites for hydroxylation is 2. The van der Waals surface area contributed by atoms with Gasteiger partial charge in [0.2, 0.25) is 0 Å². The van der Waals surface area contributed by atoms with E-state index in [0.29, 0.717) is 5.11 Å². The molecule has 7 heteroatoms. The first-order valence-electron chi connectivity index (χ1n) is 8.17. The van der Waals surface area contributed by atoms with E-state index in [1.54, 1.807) is 11.3 Å². The maximum Gasteiger partial charge on any atom is 0.279 e. The molecule has 5 nitrogen and oxygen atoms in total. The SMILES string of the molecule is CN(C)CCCNC(=S)NNC(=O)c1cc2c(s1)CCCCC2. The zero-order valence-electron chi connectivity index (χ0n) is 13.9. The monoisotopic (exact) mass is 354 g/mol. The van der Waals surface area contributed by atoms with Crippen molar-refractivity contribution in [3.05, 3.63) is 21.4 Å². The number of hydrogen-bond donors (Lipinski definition) is 3. The number of fused-ring (bicyclic) bond motifs is 1. The molecule has 1 heterocycles. The third-order valence-electron chi connectivity index (χ3n) is 3.83. The zero-order chi connectivity index (χ0) is 16.7. The zero-order valence-corrected chi connectivity index (χ0v) is 15.5. The fourth-order valence-electron chi connectivity index (χ4n) is 2.60. The maximum absolute atomic E-state index is 12.2. The van der Waals surface area contributed by atoms with Gasteiger partial charge >= 0.3 is 0 Å². The lowest BCUT2D eigenvalue weighted by molar-refractivity contribution is 0.0947. The quantitative estimate of drug-likeness (QED) is 0.327. The van der Waals surface area contributed by atoms with Gasteiger partial charge < -0.3 is 10.2 Å². The first kappa shape index (κ1) is 18.2. The normalized spacial score (nSPS) is 14.0. The number of thiocarbonyl (C=S) groups is 1. The highest BCUT2D eigenvalue weighted by molar-refractivity contribution is 7.80. The van der Waals surface area contributed by atoms with Crippen LogP contribution in [-0.2, 0) is 12.8 Å². The molecule has 0 spiro atoms. The van der Waals surface area contributed by atoms with E-state index < -0.39 is 0 Å². The van der Waals surface area contributed by atoms with Gasteiger partial charge in [0.15, 0.2) is 5.11 Å². The van der Waals surface area contributed by atoms with Crippen molar-refractivity contribution >= 4 is 34.6 Å². The minimum Gasteiger partial charge on any atom is -0.361 e. The Bertz CT molecular complexity index is 519. The highest BCUT2D eigenvalue weighted by Gasteiger charge is 2.16. The van der Waals surface area contributed by atoms with Gasteiger partial charge in [-0.25, -0.2) is 0 Å². The summed E-state index contributed by atoms with van der Waals surface area (Å²) >= 11 is 6.77. The lowest BCUT2D eigenvalue weighted by Crippen LogP contribution is -2.47. The average Bonchev–Trinajstić information content (AvgIpc) is 2.80. The van der Waals surface area contributed by atoms with E-state index in [4.69, 9.17) is 12.2 Å². The fourth-order valence-corrected chi connectivity index (χ4v) is 3.90. The summed E-state index contributed by atoms with van der Waals surface area (Å²) in [6.07, 6.45) is 6.95. The molecule has 0 aliphatic heterocycles. The fraction of sp³-hybridized carbons (Fsp3) is 0.625. The Balaban J connectivity index is 1.73. The first-order valence-corrected chi connectivity index (χ1v) is 9.39. The summed E-state index contributed by atoms with van der Waals surface area (Å²) in [5, 5.41) is 3.54. The molecule has 0 aromatic carbocycles. The molecule has 0 fully saturated rings. The number of hydrazine groups is 1. The number of rotatable bonds is 5. The second-order valence-corrected chi connectivity index (χ2v) is 7.66. The molecule has 1 aliphatic rings. The predicted octanol–water partition coefficient (Wildman–Crippen LogP) is 2.08. The Morgan fingerprint density at radius 2 is 2.04 bits per heavy atom. The van der Waals surface area contributed by atoms with E-state index in [0.717, 1.165) is 37.2 Å². The second-order valence-electron chi connectivity index (χ2n) is 6.11. The number of amides is 1. The molecule has 0 unspecified atom stereocenters. The van der Waals surface area contributed by atoms with Crippen molar-refractivity contribution in [3.8, 4) is 0 Å². The van der Waals surface area contributed by atoms with Crippen molar-refractivity contribution in [2.45, 2.75) is 38.5 Å². The van der Waals surface area contributed by atoms with Crippen molar-refractivity contribution < 1.29 is 4.79 Å². The van der Waals surface area contributed by atoms with E-state index in [9.17, 15) is 4.79 Å². The topological polar surface area (TPSA) is 56.4 Å². The molecule has 23 heavy (non-hydrogen) atoms. The van der Waals surface area contributed by atoms with Crippen LogP contribution in [0.5, 0.6) is 0 Å². The average molecular weight is 355 g/mol. The van der Waals surface area contributed by atoms with Gasteiger partial charge in [-0.15, -0.1) is 11.3 Å². The van der Waals surface area contributed by atoms with Crippen LogP contribution in [-0.4, -0.2) is 43.1 Å². The van der Waals surface area contributed by atoms with Gasteiger partial charge in [-0.05, 0) is 76.6 Å². The maximum atomic E-state index is 12.2. The van der Waals surface area contributed by atoms with E-state index in [2.05, 4.69) is 21.1 Å². The third kappa shape index (κ3) is 6.08. The number of carbonyl (C=O) groups excluding carboxylic acids is 1. The van der Waals surface area contributed by atoms with Crippen LogP contribution in [0, 0.1) is 0 Å². The van der Waals surface area contributed by atoms with Gasteiger partial charge in [-0.3, -0.25) is 15.6 Å². The predicted molar refractivity (Wildman–Crippen MR) is 100.0 cm³/mol. The van der Waals surface area contributed by atoms with Crippen LogP contribution in [0.25, 0.3) is 0 Å². The van der Waals surface area contributed by atoms with Crippen molar-refractivity contribution in [3.63, 3.8) is 0 Å². The Morgan fingerprint density at radius 3 is 2.83 bits per heavy atom. The van der Waals surface area contributed by atoms with Gasteiger partial charge in [0.1, 0.15) is 0 Å². The summed E-state index contributed by atoms with van der Waals surface area (Å²) in [5.41, 5.74) is 6.81. The summed E-state index contributed by atoms with van der Waals surface area (Å²) < 4.78 is 0. The molecule has 128 valence electrons. The standard InChI is InChI=1S/C16H26N4OS2/c1-20(2)10-6-9-17-16(22)19-18-15(21)14-11-12-7-4-3-5-8-13(12)23-14/h11H,3-10H2,1-2H3,(H,18,21)(H2,17,19,22). The molecule has 0 atom stereocenters. The lowest BCUT2D eigenvalue weighted by Gasteiger charge is -2.12. The molecule has 1 aromatic heterocycles. The Labute approximate surface area is 147 Å². The summed E-state index contributed by atoms with van der Waals surface area (Å²) in [6.45, 7) is 1.79. The van der Waals surface area contributed by atoms with E-state index in [1.165, 1.54) is 29.7 Å². The van der Waals surface area contributed by atoms with Crippen LogP contribution in [0.1, 0.15) is 45.8 Å². The summed E-state index contributed by atoms with van der Waals surface area (Å²) in [5.74, 6) is -0.111. The summed E-state index contributed by atoms with van der Waals surface area (Å²) in [7, 11) is 4.08. The van der Waals surface area contributed by atoms with Crippen LogP contribution in [0.3, 0.4) is 0 Å². The van der Waals surface area contributed by atoms with Crippen LogP contribution in [0.2, 0.25) is 0 Å². The van der Waals surface area contributed by atoms with Crippen LogP contribution in [0.4, 0.5) is 0 Å². The molecule has 2 rings (SSSR count). The molecule has 1 aromatic rings. The molecule has 1 amide bonds. The lowest BCUT2D eigenvalue weighted by atomic mass is 10.1. The van der Waals surface area contributed by atoms with Crippen LogP contribution >= 0.6 is 23.6 Å². The van der Waals surface area contributed by atoms with Gasteiger partial charge in [0.05, 0.1) is 4.88 Å². The number of hydrogen-bond acceptors (Lipinski definition) is 4. The van der Waals surface area contributed by atoms with Crippen LogP contribution < -0.4 is 16.2 Å². The smallest absolute Gasteiger partial charge is 0.279 e. The highest BCUT2D eigenvalue weighted by Crippen LogP contribution is 2.28. The Hall–Kier alpha value is -1.18. The van der Waals surface area contributed by atoms with Gasteiger partial charge in [-0.1, -0.05) is 6.42 Å². The number of carbonyl (C=O) groups is 1. The van der Waals surface area contributed by atoms with Gasteiger partial charge in [0.25, 0.3) is 5.91 Å². The van der Waals surface area contributed by atoms with Crippen LogP contribution in [0.15, 0.2) is 6.07 Å². The van der Waals surface area contributed by atoms with Crippen molar-refractivity contribution in [1.29, 1.82) is 0 Å². The summed E-state index contributed by atoms with van der Waals surface area (Å²) in [6, 6.07) is 2.04. The molecule has 0 bridgehead atoms. The third-order valence-corrected chi connectivity index (χ3v) is 5.31. The largest absolute Gasteiger partial charge is 0.361 e. The summed E-state index contributed by atoms with van der Waals surface area (Å²) in [4.78, 5) is 16.5. The molecular weight excluding hydrogens is 328 g/mol. The van der Waals surface area contributed by atoms with Gasteiger partial charge in [-0.2, -0.15) is 0 Å². The number of nitrogens with zero attached hydrogens (tertiary/aromatic N) is 1. The Kier molecular flexibility index (Phi) is 7.26. The molecule has 0 saturated heterocycles. The highest BCUT2D eigenvalue weighted by atomic mass is 32.1. The molecule has 1 aliphatic carbocycles. The van der Waals surface area contributed by atoms with Crippen molar-refractivity contribution in [2.24, 2.45) is 0 Å². The molecule has 0 saturated carbocycles. The minimum absolute atomic E-state index is 0.111. The van der Waals surface area contributed by atoms with Crippen molar-refractivity contribution in [2.75, 3.05) is 27.2 Å². The Morgan fingerprint density at radius 1 is 1.26 bits per heavy atom. The first-order chi connectivity index (χ1) is 11.1. The molecule has 3 N–H and O–H groups in total. The minimum atomic E-state index is -0.111. The molecule has 0 radical (unpaired) electrons. The van der Waals surface area contributed by atoms with E-state index >= 15 is 0 Å². The number of nitrogens with one attached hydrogen (secondary N) is 3.